The highest BCUT2D eigenvalue weighted by molar-refractivity contribution is 9.10. The Bertz CT molecular complexity index is 604. The van der Waals surface area contributed by atoms with Gasteiger partial charge in [-0.15, -0.1) is 3.89 Å². The molecule has 0 saturated carbocycles. The molecule has 0 saturated heterocycles. The predicted octanol–water partition coefficient (Wildman–Crippen LogP) is 1.81. The van der Waals surface area contributed by atoms with Crippen LogP contribution in [0.4, 0.5) is 3.89 Å². The SMILES string of the molecule is CON1C(=O)c2ccc(Br)cc2[C@@H]1CS(=O)(=O)F. The Balaban J connectivity index is 2.51. The molecule has 5 nitrogen and oxygen atoms in total. The number of halogens is 2. The number of carbonyl (C=O) groups is 1. The van der Waals surface area contributed by atoms with Crippen molar-refractivity contribution in [2.45, 2.75) is 6.04 Å². The Morgan fingerprint density at radius 1 is 1.50 bits per heavy atom. The maximum Gasteiger partial charge on any atom is 0.304 e. The van der Waals surface area contributed by atoms with Gasteiger partial charge < -0.3 is 0 Å². The van der Waals surface area contributed by atoms with Crippen LogP contribution in [-0.2, 0) is 15.1 Å². The lowest BCUT2D eigenvalue weighted by Crippen LogP contribution is -2.30. The Kier molecular flexibility index (Phi) is 3.43. The van der Waals surface area contributed by atoms with Gasteiger partial charge in [-0.25, -0.2) is 5.06 Å². The summed E-state index contributed by atoms with van der Waals surface area (Å²) >= 11 is 3.22. The van der Waals surface area contributed by atoms with Crippen molar-refractivity contribution < 1.29 is 21.9 Å². The summed E-state index contributed by atoms with van der Waals surface area (Å²) in [6.07, 6.45) is 0. The molecule has 1 aromatic rings. The predicted molar refractivity (Wildman–Crippen MR) is 65.0 cm³/mol. The highest BCUT2D eigenvalue weighted by Gasteiger charge is 2.40. The molecule has 0 unspecified atom stereocenters. The zero-order valence-electron chi connectivity index (χ0n) is 9.26. The number of hydroxylamine groups is 2. The van der Waals surface area contributed by atoms with Crippen molar-refractivity contribution in [1.82, 2.24) is 5.06 Å². The van der Waals surface area contributed by atoms with Gasteiger partial charge in [-0.1, -0.05) is 15.9 Å². The Morgan fingerprint density at radius 2 is 2.17 bits per heavy atom. The standard InChI is InChI=1S/C10H9BrFNO4S/c1-17-13-9(5-18(12,15)16)8-4-6(11)2-3-7(8)10(13)14/h2-4,9H,5H2,1H3/t9-/m0/s1. The normalized spacial score (nSPS) is 19.2. The summed E-state index contributed by atoms with van der Waals surface area (Å²) in [5.41, 5.74) is 0.742. The molecule has 1 aromatic carbocycles. The average molecular weight is 338 g/mol. The van der Waals surface area contributed by atoms with Crippen molar-refractivity contribution in [3.8, 4) is 0 Å². The fourth-order valence-corrected chi connectivity index (χ4v) is 3.02. The molecule has 0 N–H and O–H groups in total. The lowest BCUT2D eigenvalue weighted by Gasteiger charge is -2.20. The van der Waals surface area contributed by atoms with Crippen LogP contribution < -0.4 is 0 Å². The van der Waals surface area contributed by atoms with Crippen LogP contribution in [-0.4, -0.2) is 32.3 Å². The number of carbonyl (C=O) groups excluding carboxylic acids is 1. The van der Waals surface area contributed by atoms with Gasteiger partial charge in [-0.3, -0.25) is 9.63 Å². The molecule has 1 amide bonds. The summed E-state index contributed by atoms with van der Waals surface area (Å²) < 4.78 is 35.1. The molecule has 1 aliphatic heterocycles. The number of hydrogen-bond acceptors (Lipinski definition) is 4. The monoisotopic (exact) mass is 337 g/mol. The quantitative estimate of drug-likeness (QED) is 0.789. The Morgan fingerprint density at radius 3 is 2.72 bits per heavy atom. The molecule has 2 rings (SSSR count). The second kappa shape index (κ2) is 4.60. The molecule has 98 valence electrons. The molecule has 1 heterocycles. The second-order valence-electron chi connectivity index (χ2n) is 3.77. The first-order valence-corrected chi connectivity index (χ1v) is 7.27. The van der Waals surface area contributed by atoms with Gasteiger partial charge in [0.15, 0.2) is 0 Å². The summed E-state index contributed by atoms with van der Waals surface area (Å²) in [6.45, 7) is 0. The third kappa shape index (κ3) is 2.40. The van der Waals surface area contributed by atoms with Crippen molar-refractivity contribution >= 4 is 32.1 Å². The van der Waals surface area contributed by atoms with E-state index < -0.39 is 27.9 Å². The third-order valence-electron chi connectivity index (χ3n) is 2.64. The molecule has 18 heavy (non-hydrogen) atoms. The van der Waals surface area contributed by atoms with Gasteiger partial charge in [-0.2, -0.15) is 8.42 Å². The van der Waals surface area contributed by atoms with Crippen LogP contribution >= 0.6 is 15.9 Å². The van der Waals surface area contributed by atoms with Crippen molar-refractivity contribution in [2.24, 2.45) is 0 Å². The van der Waals surface area contributed by atoms with E-state index in [2.05, 4.69) is 15.9 Å². The zero-order valence-corrected chi connectivity index (χ0v) is 11.7. The fraction of sp³-hybridized carbons (Fsp3) is 0.300. The van der Waals surface area contributed by atoms with Crippen LogP contribution in [0, 0.1) is 0 Å². The van der Waals surface area contributed by atoms with Crippen LogP contribution in [0.25, 0.3) is 0 Å². The smallest absolute Gasteiger partial charge is 0.273 e. The van der Waals surface area contributed by atoms with Gasteiger partial charge in [0, 0.05) is 10.0 Å². The van der Waals surface area contributed by atoms with E-state index in [0.29, 0.717) is 15.6 Å². The van der Waals surface area contributed by atoms with Crippen molar-refractivity contribution in [3.63, 3.8) is 0 Å². The first-order valence-electron chi connectivity index (χ1n) is 4.93. The molecule has 0 aliphatic carbocycles. The van der Waals surface area contributed by atoms with Crippen LogP contribution in [0.2, 0.25) is 0 Å². The summed E-state index contributed by atoms with van der Waals surface area (Å²) in [6, 6.07) is 3.81. The second-order valence-corrected chi connectivity index (χ2v) is 6.09. The van der Waals surface area contributed by atoms with Crippen molar-refractivity contribution in [1.29, 1.82) is 0 Å². The Hall–Kier alpha value is -0.990. The van der Waals surface area contributed by atoms with E-state index in [4.69, 9.17) is 4.84 Å². The van der Waals surface area contributed by atoms with Crippen molar-refractivity contribution in [2.75, 3.05) is 12.9 Å². The fourth-order valence-electron chi connectivity index (χ4n) is 1.95. The van der Waals surface area contributed by atoms with Gasteiger partial charge in [0.2, 0.25) is 0 Å². The van der Waals surface area contributed by atoms with E-state index in [0.717, 1.165) is 5.06 Å². The number of amides is 1. The Labute approximate surface area is 112 Å². The van der Waals surface area contributed by atoms with Crippen LogP contribution in [0.5, 0.6) is 0 Å². The van der Waals surface area contributed by atoms with Gasteiger partial charge in [0.1, 0.15) is 11.8 Å². The number of fused-ring (bicyclic) bond motifs is 1. The molecule has 0 fully saturated rings. The highest BCUT2D eigenvalue weighted by atomic mass is 79.9. The maximum atomic E-state index is 12.8. The first kappa shape index (κ1) is 13.4. The molecular formula is C10H9BrFNO4S. The number of benzene rings is 1. The molecule has 8 heteroatoms. The molecule has 1 aliphatic rings. The van der Waals surface area contributed by atoms with Crippen LogP contribution in [0.15, 0.2) is 22.7 Å². The molecule has 0 bridgehead atoms. The minimum absolute atomic E-state index is 0.314. The number of hydrogen-bond donors (Lipinski definition) is 0. The largest absolute Gasteiger partial charge is 0.304 e. The minimum Gasteiger partial charge on any atom is -0.273 e. The molecule has 0 radical (unpaired) electrons. The molecular weight excluding hydrogens is 329 g/mol. The van der Waals surface area contributed by atoms with E-state index in [1.165, 1.54) is 7.11 Å². The van der Waals surface area contributed by atoms with E-state index in [-0.39, 0.29) is 0 Å². The lowest BCUT2D eigenvalue weighted by atomic mass is 10.1. The van der Waals surface area contributed by atoms with Crippen LogP contribution in [0.1, 0.15) is 22.0 Å². The van der Waals surface area contributed by atoms with E-state index in [1.54, 1.807) is 18.2 Å². The van der Waals surface area contributed by atoms with Gasteiger partial charge in [0.05, 0.1) is 7.11 Å². The van der Waals surface area contributed by atoms with Crippen LogP contribution in [0.3, 0.4) is 0 Å². The van der Waals surface area contributed by atoms with Crippen molar-refractivity contribution in [3.05, 3.63) is 33.8 Å². The molecule has 0 spiro atoms. The van der Waals surface area contributed by atoms with E-state index in [1.807, 2.05) is 0 Å². The van der Waals surface area contributed by atoms with E-state index in [9.17, 15) is 17.1 Å². The molecule has 1 atom stereocenters. The van der Waals surface area contributed by atoms with Gasteiger partial charge in [0.25, 0.3) is 5.91 Å². The lowest BCUT2D eigenvalue weighted by molar-refractivity contribution is -0.113. The summed E-state index contributed by atoms with van der Waals surface area (Å²) in [4.78, 5) is 16.7. The van der Waals surface area contributed by atoms with E-state index >= 15 is 0 Å². The maximum absolute atomic E-state index is 12.8. The average Bonchev–Trinajstić information content (AvgIpc) is 2.49. The van der Waals surface area contributed by atoms with Gasteiger partial charge in [-0.05, 0) is 23.8 Å². The highest BCUT2D eigenvalue weighted by Crippen LogP contribution is 2.36. The number of rotatable bonds is 3. The topological polar surface area (TPSA) is 63.7 Å². The first-order chi connectivity index (χ1) is 8.33. The number of nitrogens with zero attached hydrogens (tertiary/aromatic N) is 1. The summed E-state index contributed by atoms with van der Waals surface area (Å²) in [5, 5.41) is 0.869. The van der Waals surface area contributed by atoms with Gasteiger partial charge >= 0.3 is 10.2 Å². The summed E-state index contributed by atoms with van der Waals surface area (Å²) in [5.74, 6) is -1.30. The molecule has 0 aromatic heterocycles. The zero-order chi connectivity index (χ0) is 13.5. The third-order valence-corrected chi connectivity index (χ3v) is 3.85. The minimum atomic E-state index is -4.72. The summed E-state index contributed by atoms with van der Waals surface area (Å²) in [7, 11) is -3.49.